The van der Waals surface area contributed by atoms with Crippen molar-refractivity contribution in [1.82, 2.24) is 9.88 Å². The number of thiazole rings is 1. The quantitative estimate of drug-likeness (QED) is 0.380. The summed E-state index contributed by atoms with van der Waals surface area (Å²) in [5, 5.41) is 3.37. The van der Waals surface area contributed by atoms with Gasteiger partial charge in [-0.15, -0.1) is 11.3 Å². The van der Waals surface area contributed by atoms with Gasteiger partial charge in [0.2, 0.25) is 0 Å². The Morgan fingerprint density at radius 2 is 1.57 bits per heavy atom. The van der Waals surface area contributed by atoms with Crippen molar-refractivity contribution in [2.24, 2.45) is 0 Å². The van der Waals surface area contributed by atoms with Crippen LogP contribution in [0.3, 0.4) is 0 Å². The van der Waals surface area contributed by atoms with Gasteiger partial charge in [0.25, 0.3) is 0 Å². The van der Waals surface area contributed by atoms with Gasteiger partial charge in [0, 0.05) is 17.4 Å². The lowest BCUT2D eigenvalue weighted by Crippen LogP contribution is -2.19. The van der Waals surface area contributed by atoms with Gasteiger partial charge in [0.15, 0.2) is 0 Å². The molecule has 0 saturated heterocycles. The Labute approximate surface area is 188 Å². The van der Waals surface area contributed by atoms with Gasteiger partial charge in [-0.3, -0.25) is 0 Å². The number of nitrogens with zero attached hydrogens (tertiary/aromatic N) is 2. The molecule has 3 aromatic rings. The van der Waals surface area contributed by atoms with Crippen molar-refractivity contribution in [2.45, 2.75) is 60.8 Å². The van der Waals surface area contributed by atoms with Crippen LogP contribution >= 0.6 is 11.3 Å². The topological polar surface area (TPSA) is 16.1 Å². The predicted molar refractivity (Wildman–Crippen MR) is 134 cm³/mol. The first-order valence-electron chi connectivity index (χ1n) is 11.2. The van der Waals surface area contributed by atoms with Crippen LogP contribution in [0.15, 0.2) is 41.8 Å². The van der Waals surface area contributed by atoms with E-state index >= 15 is 0 Å². The minimum atomic E-state index is 0.919. The lowest BCUT2D eigenvalue weighted by Gasteiger charge is -2.15. The molecule has 1 aromatic heterocycles. The van der Waals surface area contributed by atoms with Crippen LogP contribution in [0.1, 0.15) is 60.0 Å². The summed E-state index contributed by atoms with van der Waals surface area (Å²) in [4.78, 5) is 7.27. The Morgan fingerprint density at radius 3 is 2.23 bits per heavy atom. The minimum absolute atomic E-state index is 0.919. The highest BCUT2D eigenvalue weighted by Gasteiger charge is 2.10. The zero-order chi connectivity index (χ0) is 22.1. The van der Waals surface area contributed by atoms with Gasteiger partial charge in [0.1, 0.15) is 0 Å². The fourth-order valence-corrected chi connectivity index (χ4v) is 4.33. The van der Waals surface area contributed by atoms with Crippen molar-refractivity contribution in [1.29, 1.82) is 0 Å². The molecule has 0 fully saturated rings. The van der Waals surface area contributed by atoms with Crippen molar-refractivity contribution in [3.05, 3.63) is 74.6 Å². The number of rotatable bonds is 8. The van der Waals surface area contributed by atoms with Gasteiger partial charge in [-0.05, 0) is 76.0 Å². The van der Waals surface area contributed by atoms with Gasteiger partial charge in [0.05, 0.1) is 10.7 Å². The second-order valence-electron chi connectivity index (χ2n) is 7.87. The lowest BCUT2D eigenvalue weighted by atomic mass is 9.95. The van der Waals surface area contributed by atoms with E-state index in [4.69, 9.17) is 4.98 Å². The number of hydrogen-bond acceptors (Lipinski definition) is 3. The number of benzene rings is 2. The lowest BCUT2D eigenvalue weighted by molar-refractivity contribution is 0.347. The molecule has 0 amide bonds. The van der Waals surface area contributed by atoms with Crippen LogP contribution in [0, 0.1) is 20.8 Å². The smallest absolute Gasteiger partial charge is 0.0976 e. The first kappa shape index (κ1) is 24.3. The van der Waals surface area contributed by atoms with E-state index in [-0.39, 0.29) is 0 Å². The summed E-state index contributed by atoms with van der Waals surface area (Å²) in [5.74, 6) is 0. The highest BCUT2D eigenvalue weighted by molar-refractivity contribution is 7.10. The van der Waals surface area contributed by atoms with Crippen molar-refractivity contribution >= 4 is 11.3 Å². The molecular weight excluding hydrogens is 384 g/mol. The first-order chi connectivity index (χ1) is 14.5. The molecule has 0 aliphatic heterocycles. The second-order valence-corrected chi connectivity index (χ2v) is 8.82. The van der Waals surface area contributed by atoms with Crippen molar-refractivity contribution in [2.75, 3.05) is 20.1 Å². The van der Waals surface area contributed by atoms with Gasteiger partial charge in [-0.25, -0.2) is 4.98 Å². The molecule has 30 heavy (non-hydrogen) atoms. The molecule has 162 valence electrons. The van der Waals surface area contributed by atoms with E-state index in [1.165, 1.54) is 44.8 Å². The molecule has 0 aliphatic rings. The standard InChI is InChI=1S/C25H32N2S.C2H6/c1-6-27(5)13-7-8-22-14-20(4)23(15-19(22)3)16-25-26-24(17-28-25)21-11-9-18(2)10-12-21;1-2/h9-12,14-15,17H,6-8,13,16H2,1-5H3;1-2H3. The molecule has 2 nitrogen and oxygen atoms in total. The minimum Gasteiger partial charge on any atom is -0.307 e. The van der Waals surface area contributed by atoms with Crippen molar-refractivity contribution in [3.63, 3.8) is 0 Å². The van der Waals surface area contributed by atoms with Crippen LogP contribution in [-0.4, -0.2) is 30.0 Å². The summed E-state index contributed by atoms with van der Waals surface area (Å²) >= 11 is 1.77. The third-order valence-corrected chi connectivity index (χ3v) is 6.41. The Morgan fingerprint density at radius 1 is 0.933 bits per heavy atom. The predicted octanol–water partition coefficient (Wildman–Crippen LogP) is 7.24. The van der Waals surface area contributed by atoms with Crippen LogP contribution in [0.25, 0.3) is 11.3 Å². The second kappa shape index (κ2) is 12.0. The maximum Gasteiger partial charge on any atom is 0.0976 e. The summed E-state index contributed by atoms with van der Waals surface area (Å²) in [7, 11) is 2.19. The molecule has 0 bridgehead atoms. The van der Waals surface area contributed by atoms with Gasteiger partial charge in [-0.2, -0.15) is 0 Å². The van der Waals surface area contributed by atoms with E-state index in [0.717, 1.165) is 31.6 Å². The summed E-state index contributed by atoms with van der Waals surface area (Å²) in [5.41, 5.74) is 9.26. The van der Waals surface area contributed by atoms with Gasteiger partial charge >= 0.3 is 0 Å². The molecule has 0 aliphatic carbocycles. The fraction of sp³-hybridized carbons (Fsp3) is 0.444. The van der Waals surface area contributed by atoms with Crippen LogP contribution < -0.4 is 0 Å². The number of hydrogen-bond donors (Lipinski definition) is 0. The molecule has 1 heterocycles. The van der Waals surface area contributed by atoms with Crippen molar-refractivity contribution < 1.29 is 0 Å². The van der Waals surface area contributed by atoms with E-state index in [2.05, 4.69) is 81.4 Å². The summed E-state index contributed by atoms with van der Waals surface area (Å²) in [6, 6.07) is 13.4. The highest BCUT2D eigenvalue weighted by Crippen LogP contribution is 2.26. The molecule has 0 atom stereocenters. The molecule has 0 N–H and O–H groups in total. The van der Waals surface area contributed by atoms with E-state index in [9.17, 15) is 0 Å². The normalized spacial score (nSPS) is 10.8. The van der Waals surface area contributed by atoms with Crippen LogP contribution in [0.5, 0.6) is 0 Å². The summed E-state index contributed by atoms with van der Waals surface area (Å²) in [6.07, 6.45) is 3.30. The summed E-state index contributed by atoms with van der Waals surface area (Å²) < 4.78 is 0. The molecule has 0 unspecified atom stereocenters. The van der Waals surface area contributed by atoms with Gasteiger partial charge < -0.3 is 4.90 Å². The summed E-state index contributed by atoms with van der Waals surface area (Å²) in [6.45, 7) is 15.1. The Bertz CT molecular complexity index is 909. The largest absolute Gasteiger partial charge is 0.307 e. The molecule has 0 saturated carbocycles. The maximum absolute atomic E-state index is 4.89. The average molecular weight is 423 g/mol. The van der Waals surface area contributed by atoms with Crippen LogP contribution in [0.2, 0.25) is 0 Å². The number of aromatic nitrogens is 1. The van der Waals surface area contributed by atoms with Crippen molar-refractivity contribution in [3.8, 4) is 11.3 Å². The molecule has 2 aromatic carbocycles. The molecule has 0 radical (unpaired) electrons. The van der Waals surface area contributed by atoms with E-state index in [0.29, 0.717) is 0 Å². The third kappa shape index (κ3) is 6.78. The Kier molecular flexibility index (Phi) is 9.74. The van der Waals surface area contributed by atoms with E-state index in [1.807, 2.05) is 13.8 Å². The Hall–Kier alpha value is -1.97. The molecule has 3 heteroatoms. The zero-order valence-corrected chi connectivity index (χ0v) is 20.7. The van der Waals surface area contributed by atoms with E-state index < -0.39 is 0 Å². The number of aryl methyl sites for hydroxylation is 4. The SMILES string of the molecule is CC.CCN(C)CCCc1cc(C)c(Cc2nc(-c3ccc(C)cc3)cs2)cc1C. The average Bonchev–Trinajstić information content (AvgIpc) is 3.21. The highest BCUT2D eigenvalue weighted by atomic mass is 32.1. The Balaban J connectivity index is 0.00000155. The van der Waals surface area contributed by atoms with E-state index in [1.54, 1.807) is 11.3 Å². The molecule has 0 spiro atoms. The molecule has 3 rings (SSSR count). The van der Waals surface area contributed by atoms with Gasteiger partial charge in [-0.1, -0.05) is 62.7 Å². The van der Waals surface area contributed by atoms with Crippen LogP contribution in [0.4, 0.5) is 0 Å². The fourth-order valence-electron chi connectivity index (χ4n) is 3.51. The first-order valence-corrected chi connectivity index (χ1v) is 12.1. The zero-order valence-electron chi connectivity index (χ0n) is 19.9. The third-order valence-electron chi connectivity index (χ3n) is 5.56. The van der Waals surface area contributed by atoms with Crippen LogP contribution in [-0.2, 0) is 12.8 Å². The molecular formula is C27H38N2S. The monoisotopic (exact) mass is 422 g/mol. The maximum atomic E-state index is 4.89.